The van der Waals surface area contributed by atoms with Gasteiger partial charge in [-0.1, -0.05) is 18.2 Å². The lowest BCUT2D eigenvalue weighted by Crippen LogP contribution is -2.12. The average Bonchev–Trinajstić information content (AvgIpc) is 2.91. The van der Waals surface area contributed by atoms with Crippen LogP contribution >= 0.6 is 0 Å². The SMILES string of the molecule is Cc1nc(CNc2cc(N(C)c3ccccc3)ncn2)c(C)[nH]1. The Hall–Kier alpha value is -2.89. The highest BCUT2D eigenvalue weighted by Gasteiger charge is 2.08. The van der Waals surface area contributed by atoms with Crippen LogP contribution in [0.1, 0.15) is 17.2 Å². The molecular weight excluding hydrogens is 288 g/mol. The molecule has 2 aromatic heterocycles. The van der Waals surface area contributed by atoms with Crippen molar-refractivity contribution in [3.8, 4) is 0 Å². The van der Waals surface area contributed by atoms with E-state index in [2.05, 4.69) is 25.3 Å². The van der Waals surface area contributed by atoms with Crippen molar-refractivity contribution >= 4 is 17.3 Å². The van der Waals surface area contributed by atoms with Crippen LogP contribution in [-0.4, -0.2) is 27.0 Å². The number of aryl methyl sites for hydroxylation is 2. The summed E-state index contributed by atoms with van der Waals surface area (Å²) in [5.41, 5.74) is 3.15. The molecule has 0 atom stereocenters. The number of hydrogen-bond donors (Lipinski definition) is 2. The second kappa shape index (κ2) is 6.48. The number of para-hydroxylation sites is 1. The average molecular weight is 308 g/mol. The van der Waals surface area contributed by atoms with E-state index in [0.717, 1.165) is 34.5 Å². The van der Waals surface area contributed by atoms with E-state index in [9.17, 15) is 0 Å². The summed E-state index contributed by atoms with van der Waals surface area (Å²) in [4.78, 5) is 18.3. The number of imidazole rings is 1. The standard InChI is InChI=1S/C17H20N6/c1-12-15(22-13(2)21-12)10-18-16-9-17(20-11-19-16)23(3)14-7-5-4-6-8-14/h4-9,11H,10H2,1-3H3,(H,21,22)(H,18,19,20). The zero-order valence-electron chi connectivity index (χ0n) is 13.5. The van der Waals surface area contributed by atoms with Gasteiger partial charge in [0.25, 0.3) is 0 Å². The van der Waals surface area contributed by atoms with Crippen molar-refractivity contribution in [3.05, 3.63) is 59.9 Å². The molecular formula is C17H20N6. The van der Waals surface area contributed by atoms with Crippen molar-refractivity contribution in [1.29, 1.82) is 0 Å². The van der Waals surface area contributed by atoms with E-state index in [1.807, 2.05) is 62.2 Å². The lowest BCUT2D eigenvalue weighted by molar-refractivity contribution is 1.01. The van der Waals surface area contributed by atoms with Crippen LogP contribution in [0.4, 0.5) is 17.3 Å². The first kappa shape index (κ1) is 15.0. The van der Waals surface area contributed by atoms with Crippen molar-refractivity contribution < 1.29 is 0 Å². The molecule has 0 amide bonds. The molecule has 0 saturated carbocycles. The Balaban J connectivity index is 1.73. The molecule has 2 heterocycles. The first-order chi connectivity index (χ1) is 11.1. The summed E-state index contributed by atoms with van der Waals surface area (Å²) < 4.78 is 0. The summed E-state index contributed by atoms with van der Waals surface area (Å²) >= 11 is 0. The van der Waals surface area contributed by atoms with Crippen LogP contribution in [0.3, 0.4) is 0 Å². The molecule has 0 unspecified atom stereocenters. The van der Waals surface area contributed by atoms with Gasteiger partial charge in [-0.25, -0.2) is 15.0 Å². The minimum Gasteiger partial charge on any atom is -0.364 e. The number of aromatic nitrogens is 4. The summed E-state index contributed by atoms with van der Waals surface area (Å²) in [6, 6.07) is 12.0. The van der Waals surface area contributed by atoms with Crippen molar-refractivity contribution in [2.24, 2.45) is 0 Å². The highest BCUT2D eigenvalue weighted by atomic mass is 15.2. The molecule has 2 N–H and O–H groups in total. The van der Waals surface area contributed by atoms with E-state index < -0.39 is 0 Å². The minimum atomic E-state index is 0.627. The Bertz CT molecular complexity index is 781. The zero-order chi connectivity index (χ0) is 16.2. The van der Waals surface area contributed by atoms with Crippen LogP contribution in [0.5, 0.6) is 0 Å². The molecule has 23 heavy (non-hydrogen) atoms. The molecule has 0 bridgehead atoms. The van der Waals surface area contributed by atoms with Gasteiger partial charge in [-0.05, 0) is 26.0 Å². The largest absolute Gasteiger partial charge is 0.364 e. The predicted octanol–water partition coefficient (Wildman–Crippen LogP) is 3.20. The maximum atomic E-state index is 4.46. The van der Waals surface area contributed by atoms with E-state index in [1.165, 1.54) is 0 Å². The third-order valence-electron chi connectivity index (χ3n) is 3.68. The number of hydrogen-bond acceptors (Lipinski definition) is 5. The minimum absolute atomic E-state index is 0.627. The third kappa shape index (κ3) is 3.48. The molecule has 0 fully saturated rings. The van der Waals surface area contributed by atoms with E-state index in [0.29, 0.717) is 6.54 Å². The van der Waals surface area contributed by atoms with Gasteiger partial charge in [0.05, 0.1) is 12.2 Å². The number of nitrogens with one attached hydrogen (secondary N) is 2. The number of anilines is 3. The molecule has 0 radical (unpaired) electrons. The summed E-state index contributed by atoms with van der Waals surface area (Å²) in [6.45, 7) is 4.60. The summed E-state index contributed by atoms with van der Waals surface area (Å²) in [6.07, 6.45) is 1.57. The quantitative estimate of drug-likeness (QED) is 0.757. The first-order valence-electron chi connectivity index (χ1n) is 7.50. The molecule has 6 heteroatoms. The lowest BCUT2D eigenvalue weighted by atomic mass is 10.3. The Morgan fingerprint density at radius 2 is 1.91 bits per heavy atom. The van der Waals surface area contributed by atoms with Crippen LogP contribution < -0.4 is 10.2 Å². The van der Waals surface area contributed by atoms with Gasteiger partial charge in [0.2, 0.25) is 0 Å². The highest BCUT2D eigenvalue weighted by molar-refractivity contribution is 5.61. The fourth-order valence-corrected chi connectivity index (χ4v) is 2.42. The number of rotatable bonds is 5. The molecule has 0 aliphatic rings. The number of benzene rings is 1. The van der Waals surface area contributed by atoms with Crippen molar-refractivity contribution in [1.82, 2.24) is 19.9 Å². The normalized spacial score (nSPS) is 10.6. The molecule has 3 rings (SSSR count). The Labute approximate surface area is 135 Å². The van der Waals surface area contributed by atoms with Gasteiger partial charge in [0.15, 0.2) is 0 Å². The maximum absolute atomic E-state index is 4.46. The Morgan fingerprint density at radius 3 is 2.61 bits per heavy atom. The Kier molecular flexibility index (Phi) is 4.23. The van der Waals surface area contributed by atoms with Gasteiger partial charge in [-0.15, -0.1) is 0 Å². The smallest absolute Gasteiger partial charge is 0.138 e. The van der Waals surface area contributed by atoms with E-state index in [4.69, 9.17) is 0 Å². The highest BCUT2D eigenvalue weighted by Crippen LogP contribution is 2.22. The molecule has 0 spiro atoms. The fraction of sp³-hybridized carbons (Fsp3) is 0.235. The molecule has 118 valence electrons. The van der Waals surface area contributed by atoms with Crippen LogP contribution in [0.2, 0.25) is 0 Å². The fourth-order valence-electron chi connectivity index (χ4n) is 2.42. The van der Waals surface area contributed by atoms with Gasteiger partial charge in [-0.2, -0.15) is 0 Å². The molecule has 0 saturated heterocycles. The Morgan fingerprint density at radius 1 is 1.13 bits per heavy atom. The maximum Gasteiger partial charge on any atom is 0.138 e. The molecule has 3 aromatic rings. The first-order valence-corrected chi connectivity index (χ1v) is 7.50. The summed E-state index contributed by atoms with van der Waals surface area (Å²) in [5.74, 6) is 2.54. The summed E-state index contributed by atoms with van der Waals surface area (Å²) in [5, 5.41) is 3.30. The van der Waals surface area contributed by atoms with Crippen LogP contribution in [0.15, 0.2) is 42.7 Å². The van der Waals surface area contributed by atoms with Crippen molar-refractivity contribution in [2.75, 3.05) is 17.3 Å². The van der Waals surface area contributed by atoms with Gasteiger partial charge >= 0.3 is 0 Å². The van der Waals surface area contributed by atoms with Crippen LogP contribution in [-0.2, 0) is 6.54 Å². The predicted molar refractivity (Wildman–Crippen MR) is 91.9 cm³/mol. The van der Waals surface area contributed by atoms with E-state index in [-0.39, 0.29) is 0 Å². The summed E-state index contributed by atoms with van der Waals surface area (Å²) in [7, 11) is 1.99. The van der Waals surface area contributed by atoms with Gasteiger partial charge in [0.1, 0.15) is 23.8 Å². The number of H-pyrrole nitrogens is 1. The number of aromatic amines is 1. The number of nitrogens with zero attached hydrogens (tertiary/aromatic N) is 4. The van der Waals surface area contributed by atoms with Crippen LogP contribution in [0.25, 0.3) is 0 Å². The van der Waals surface area contributed by atoms with E-state index in [1.54, 1.807) is 6.33 Å². The molecule has 1 aromatic carbocycles. The molecule has 0 aliphatic carbocycles. The van der Waals surface area contributed by atoms with Crippen molar-refractivity contribution in [3.63, 3.8) is 0 Å². The second-order valence-electron chi connectivity index (χ2n) is 5.40. The van der Waals surface area contributed by atoms with Crippen LogP contribution in [0, 0.1) is 13.8 Å². The van der Waals surface area contributed by atoms with E-state index >= 15 is 0 Å². The lowest BCUT2D eigenvalue weighted by Gasteiger charge is -2.18. The van der Waals surface area contributed by atoms with Gasteiger partial charge in [0, 0.05) is 24.5 Å². The van der Waals surface area contributed by atoms with Gasteiger partial charge < -0.3 is 15.2 Å². The zero-order valence-corrected chi connectivity index (χ0v) is 13.5. The monoisotopic (exact) mass is 308 g/mol. The topological polar surface area (TPSA) is 69.7 Å². The third-order valence-corrected chi connectivity index (χ3v) is 3.68. The molecule has 6 nitrogen and oxygen atoms in total. The molecule has 0 aliphatic heterocycles. The van der Waals surface area contributed by atoms with Gasteiger partial charge in [-0.3, -0.25) is 0 Å². The second-order valence-corrected chi connectivity index (χ2v) is 5.40. The van der Waals surface area contributed by atoms with Crippen molar-refractivity contribution in [2.45, 2.75) is 20.4 Å².